The molecule has 0 N–H and O–H groups in total. The third-order valence-electron chi connectivity index (χ3n) is 8.03. The van der Waals surface area contributed by atoms with Crippen molar-refractivity contribution in [3.8, 4) is 5.75 Å². The first-order valence-electron chi connectivity index (χ1n) is 16.6. The first-order chi connectivity index (χ1) is 21.3. The fraction of sp³-hybridized carbons (Fsp3) is 0.487. The van der Waals surface area contributed by atoms with Crippen LogP contribution >= 0.6 is 0 Å². The standard InChI is InChI=1S/C39H52F2O2S/c1-4-37(33-18-13-12-14-19-33)38(34-22-20-32(2)21-23-34)35-24-26-36(27-25-35)43-29-15-10-8-6-5-7-9-11-16-30-44(42)31-17-28-39(3,40)41/h12-14,18-27H,4-11,15-17,28-31H2,1-3H3/b38-37-. The number of halogens is 2. The largest absolute Gasteiger partial charge is 0.494 e. The summed E-state index contributed by atoms with van der Waals surface area (Å²) in [5, 5.41) is 0. The third-order valence-corrected chi connectivity index (χ3v) is 9.52. The minimum Gasteiger partial charge on any atom is -0.494 e. The molecule has 1 atom stereocenters. The third kappa shape index (κ3) is 13.5. The molecule has 0 spiro atoms. The number of hydrogen-bond acceptors (Lipinski definition) is 2. The van der Waals surface area contributed by atoms with Gasteiger partial charge in [-0.1, -0.05) is 124 Å². The maximum absolute atomic E-state index is 12.8. The average molecular weight is 623 g/mol. The Hall–Kier alpha value is -2.79. The van der Waals surface area contributed by atoms with Gasteiger partial charge in [0.25, 0.3) is 0 Å². The zero-order valence-corrected chi connectivity index (χ0v) is 27.9. The number of aryl methyl sites for hydroxylation is 1. The van der Waals surface area contributed by atoms with E-state index in [1.54, 1.807) is 0 Å². The number of ether oxygens (including phenoxy) is 1. The molecule has 0 saturated heterocycles. The van der Waals surface area contributed by atoms with E-state index in [9.17, 15) is 13.0 Å². The van der Waals surface area contributed by atoms with E-state index in [-0.39, 0.29) is 6.42 Å². The Labute approximate surface area is 267 Å². The van der Waals surface area contributed by atoms with Gasteiger partial charge in [0.2, 0.25) is 5.92 Å². The lowest BCUT2D eigenvalue weighted by Gasteiger charge is -2.17. The van der Waals surface area contributed by atoms with E-state index in [1.165, 1.54) is 65.5 Å². The average Bonchev–Trinajstić information content (AvgIpc) is 3.01. The highest BCUT2D eigenvalue weighted by molar-refractivity contribution is 7.84. The van der Waals surface area contributed by atoms with Crippen LogP contribution in [0.2, 0.25) is 0 Å². The lowest BCUT2D eigenvalue weighted by atomic mass is 9.88. The molecule has 0 heterocycles. The summed E-state index contributed by atoms with van der Waals surface area (Å²) in [6.45, 7) is 6.02. The van der Waals surface area contributed by atoms with E-state index in [0.29, 0.717) is 17.9 Å². The number of hydrogen-bond donors (Lipinski definition) is 0. The number of benzene rings is 3. The van der Waals surface area contributed by atoms with Crippen molar-refractivity contribution in [3.05, 3.63) is 101 Å². The van der Waals surface area contributed by atoms with Crippen LogP contribution in [0.4, 0.5) is 8.78 Å². The molecular formula is C39H52F2O2S. The van der Waals surface area contributed by atoms with E-state index in [1.807, 2.05) is 0 Å². The van der Waals surface area contributed by atoms with Crippen LogP contribution < -0.4 is 4.74 Å². The van der Waals surface area contributed by atoms with E-state index >= 15 is 0 Å². The first kappa shape index (κ1) is 35.7. The Balaban J connectivity index is 1.34. The summed E-state index contributed by atoms with van der Waals surface area (Å²) < 4.78 is 43.7. The SMILES string of the molecule is CC/C(=C(\c1ccc(C)cc1)c1ccc(OCCCCCCCCCCCS(=O)CCCC(C)(F)F)cc1)c1ccccc1. The molecule has 5 heteroatoms. The van der Waals surface area contributed by atoms with Crippen molar-refractivity contribution >= 4 is 21.9 Å². The van der Waals surface area contributed by atoms with Gasteiger partial charge in [0, 0.05) is 28.7 Å². The van der Waals surface area contributed by atoms with Gasteiger partial charge in [0.05, 0.1) is 6.61 Å². The number of rotatable bonds is 21. The van der Waals surface area contributed by atoms with Gasteiger partial charge in [0.1, 0.15) is 5.75 Å². The van der Waals surface area contributed by atoms with Gasteiger partial charge in [-0.3, -0.25) is 4.21 Å². The van der Waals surface area contributed by atoms with Crippen molar-refractivity contribution in [2.75, 3.05) is 18.1 Å². The molecule has 0 amide bonds. The van der Waals surface area contributed by atoms with Gasteiger partial charge in [-0.25, -0.2) is 8.78 Å². The summed E-state index contributed by atoms with van der Waals surface area (Å²) >= 11 is 0. The molecular weight excluding hydrogens is 570 g/mol. The van der Waals surface area contributed by atoms with Crippen molar-refractivity contribution < 1.29 is 17.7 Å². The molecule has 2 nitrogen and oxygen atoms in total. The first-order valence-corrected chi connectivity index (χ1v) is 18.1. The number of alkyl halides is 2. The molecule has 44 heavy (non-hydrogen) atoms. The van der Waals surface area contributed by atoms with Crippen molar-refractivity contribution in [3.63, 3.8) is 0 Å². The predicted octanol–water partition coefficient (Wildman–Crippen LogP) is 11.4. The number of unbranched alkanes of at least 4 members (excludes halogenated alkanes) is 8. The van der Waals surface area contributed by atoms with E-state index < -0.39 is 16.7 Å². The van der Waals surface area contributed by atoms with Gasteiger partial charge in [-0.2, -0.15) is 0 Å². The molecule has 240 valence electrons. The van der Waals surface area contributed by atoms with Crippen LogP contribution in [0.5, 0.6) is 5.75 Å². The van der Waals surface area contributed by atoms with E-state index in [4.69, 9.17) is 4.74 Å². The molecule has 3 aromatic rings. The quantitative estimate of drug-likeness (QED) is 0.0873. The van der Waals surface area contributed by atoms with Crippen molar-refractivity contribution in [1.29, 1.82) is 0 Å². The monoisotopic (exact) mass is 622 g/mol. The summed E-state index contributed by atoms with van der Waals surface area (Å²) in [7, 11) is -0.952. The van der Waals surface area contributed by atoms with Gasteiger partial charge in [0.15, 0.2) is 0 Å². The molecule has 0 radical (unpaired) electrons. The summed E-state index contributed by atoms with van der Waals surface area (Å²) in [5.41, 5.74) is 7.57. The summed E-state index contributed by atoms with van der Waals surface area (Å²) in [6.07, 6.45) is 11.4. The molecule has 0 saturated carbocycles. The number of allylic oxidation sites excluding steroid dienone is 1. The topological polar surface area (TPSA) is 26.3 Å². The highest BCUT2D eigenvalue weighted by Gasteiger charge is 2.20. The molecule has 1 unspecified atom stereocenters. The smallest absolute Gasteiger partial charge is 0.245 e. The van der Waals surface area contributed by atoms with Crippen LogP contribution in [0, 0.1) is 6.92 Å². The summed E-state index contributed by atoms with van der Waals surface area (Å²) in [6, 6.07) is 28.1. The Bertz CT molecular complexity index is 1260. The van der Waals surface area contributed by atoms with E-state index in [2.05, 4.69) is 92.7 Å². The van der Waals surface area contributed by atoms with Crippen LogP contribution in [0.1, 0.15) is 113 Å². The van der Waals surface area contributed by atoms with E-state index in [0.717, 1.165) is 51.4 Å². The van der Waals surface area contributed by atoms with Gasteiger partial charge < -0.3 is 4.74 Å². The second-order valence-corrected chi connectivity index (χ2v) is 13.7. The fourth-order valence-electron chi connectivity index (χ4n) is 5.56. The van der Waals surface area contributed by atoms with Crippen molar-refractivity contribution in [2.24, 2.45) is 0 Å². The molecule has 3 aromatic carbocycles. The minimum atomic E-state index is -2.64. The van der Waals surface area contributed by atoms with Crippen LogP contribution in [-0.4, -0.2) is 28.2 Å². The molecule has 0 bridgehead atoms. The fourth-order valence-corrected chi connectivity index (χ4v) is 6.75. The second kappa shape index (κ2) is 19.6. The second-order valence-electron chi connectivity index (χ2n) is 12.0. The zero-order chi connectivity index (χ0) is 31.6. The zero-order valence-electron chi connectivity index (χ0n) is 27.1. The lowest BCUT2D eigenvalue weighted by molar-refractivity contribution is 0.0125. The molecule has 0 aliphatic rings. The maximum Gasteiger partial charge on any atom is 0.245 e. The van der Waals surface area contributed by atoms with Crippen LogP contribution in [0.3, 0.4) is 0 Å². The molecule has 0 aliphatic carbocycles. The van der Waals surface area contributed by atoms with Crippen LogP contribution in [0.15, 0.2) is 78.9 Å². The van der Waals surface area contributed by atoms with Gasteiger partial charge in [-0.05, 0) is 79.5 Å². The van der Waals surface area contributed by atoms with Crippen LogP contribution in [0.25, 0.3) is 11.1 Å². The molecule has 0 aliphatic heterocycles. The van der Waals surface area contributed by atoms with Gasteiger partial charge in [-0.15, -0.1) is 0 Å². The van der Waals surface area contributed by atoms with Crippen LogP contribution in [-0.2, 0) is 10.8 Å². The normalized spacial score (nSPS) is 13.0. The Morgan fingerprint density at radius 3 is 1.77 bits per heavy atom. The molecule has 3 rings (SSSR count). The highest BCUT2D eigenvalue weighted by Crippen LogP contribution is 2.35. The van der Waals surface area contributed by atoms with Gasteiger partial charge >= 0.3 is 0 Å². The Morgan fingerprint density at radius 2 is 1.20 bits per heavy atom. The highest BCUT2D eigenvalue weighted by atomic mass is 32.2. The van der Waals surface area contributed by atoms with Crippen molar-refractivity contribution in [2.45, 2.75) is 104 Å². The summed E-state index contributed by atoms with van der Waals surface area (Å²) in [4.78, 5) is 0. The Kier molecular flexibility index (Phi) is 15.9. The Morgan fingerprint density at radius 1 is 0.682 bits per heavy atom. The lowest BCUT2D eigenvalue weighted by Crippen LogP contribution is -2.12. The minimum absolute atomic E-state index is 0.166. The molecule has 0 aromatic heterocycles. The van der Waals surface area contributed by atoms with Crippen molar-refractivity contribution in [1.82, 2.24) is 0 Å². The predicted molar refractivity (Wildman–Crippen MR) is 185 cm³/mol. The molecule has 0 fully saturated rings. The summed E-state index contributed by atoms with van der Waals surface area (Å²) in [5.74, 6) is -0.675. The maximum atomic E-state index is 12.8.